The second-order valence-corrected chi connectivity index (χ2v) is 10.5. The zero-order valence-electron chi connectivity index (χ0n) is 23.4. The lowest BCUT2D eigenvalue weighted by Crippen LogP contribution is -2.40. The Bertz CT molecular complexity index is 1580. The van der Waals surface area contributed by atoms with E-state index in [9.17, 15) is 27.2 Å². The van der Waals surface area contributed by atoms with Gasteiger partial charge in [0, 0.05) is 35.0 Å². The number of furan rings is 1. The number of carbonyl (C=O) groups is 2. The molecule has 2 amide bonds. The molecule has 2 heterocycles. The topological polar surface area (TPSA) is 108 Å². The van der Waals surface area contributed by atoms with Crippen LogP contribution in [0.15, 0.2) is 59.0 Å². The van der Waals surface area contributed by atoms with Gasteiger partial charge in [0.1, 0.15) is 11.6 Å². The zero-order chi connectivity index (χ0) is 30.6. The molecule has 0 fully saturated rings. The van der Waals surface area contributed by atoms with E-state index in [1.54, 1.807) is 54.6 Å². The molecule has 4 aromatic rings. The van der Waals surface area contributed by atoms with Crippen molar-refractivity contribution >= 4 is 34.4 Å². The highest BCUT2D eigenvalue weighted by Gasteiger charge is 2.25. The number of carbonyl (C=O) groups excluding carboxylic acids is 2. The van der Waals surface area contributed by atoms with Crippen LogP contribution < -0.4 is 21.3 Å². The van der Waals surface area contributed by atoms with E-state index in [4.69, 9.17) is 4.42 Å². The average Bonchev–Trinajstić information content (AvgIpc) is 3.31. The molecule has 0 bridgehead atoms. The summed E-state index contributed by atoms with van der Waals surface area (Å²) in [6.45, 7) is 4.34. The van der Waals surface area contributed by atoms with Gasteiger partial charge in [-0.05, 0) is 68.8 Å². The van der Waals surface area contributed by atoms with Gasteiger partial charge in [0.25, 0.3) is 24.7 Å². The van der Waals surface area contributed by atoms with E-state index in [0.717, 1.165) is 0 Å². The fourth-order valence-corrected chi connectivity index (χ4v) is 4.28. The SMILES string of the molecule is CNC(=O)c1c(-c2ccc(NCC(F)F)cc2)oc2nc(NCC(F)F)c(-c3cccc(C(=O)NC(C)(C)C)c3)cc12. The average molecular weight is 586 g/mol. The quantitative estimate of drug-likeness (QED) is 0.160. The number of fused-ring (bicyclic) bond motifs is 1. The summed E-state index contributed by atoms with van der Waals surface area (Å²) in [4.78, 5) is 30.4. The van der Waals surface area contributed by atoms with Crippen molar-refractivity contribution in [3.63, 3.8) is 0 Å². The fraction of sp³-hybridized carbons (Fsp3) is 0.300. The lowest BCUT2D eigenvalue weighted by molar-refractivity contribution is 0.0918. The van der Waals surface area contributed by atoms with Gasteiger partial charge in [0.15, 0.2) is 0 Å². The minimum absolute atomic E-state index is 0.0191. The van der Waals surface area contributed by atoms with E-state index in [1.165, 1.54) is 7.05 Å². The van der Waals surface area contributed by atoms with Gasteiger partial charge in [0.05, 0.1) is 24.0 Å². The molecular formula is C30H31F4N5O3. The molecule has 222 valence electrons. The summed E-state index contributed by atoms with van der Waals surface area (Å²) < 4.78 is 57.6. The zero-order valence-corrected chi connectivity index (χ0v) is 23.4. The highest BCUT2D eigenvalue weighted by atomic mass is 19.3. The Morgan fingerprint density at radius 1 is 0.881 bits per heavy atom. The number of alkyl halides is 4. The summed E-state index contributed by atoms with van der Waals surface area (Å²) in [6.07, 6.45) is -5.20. The first-order valence-corrected chi connectivity index (χ1v) is 13.1. The van der Waals surface area contributed by atoms with Crippen molar-refractivity contribution in [3.05, 3.63) is 65.7 Å². The van der Waals surface area contributed by atoms with Crippen molar-refractivity contribution in [1.82, 2.24) is 15.6 Å². The molecular weight excluding hydrogens is 554 g/mol. The van der Waals surface area contributed by atoms with E-state index in [1.807, 2.05) is 20.8 Å². The van der Waals surface area contributed by atoms with Crippen LogP contribution in [-0.2, 0) is 0 Å². The molecule has 42 heavy (non-hydrogen) atoms. The molecule has 0 aliphatic rings. The highest BCUT2D eigenvalue weighted by Crippen LogP contribution is 2.38. The van der Waals surface area contributed by atoms with E-state index in [0.29, 0.717) is 33.3 Å². The molecule has 2 aromatic carbocycles. The van der Waals surface area contributed by atoms with E-state index in [2.05, 4.69) is 26.3 Å². The van der Waals surface area contributed by atoms with Crippen LogP contribution in [0.2, 0.25) is 0 Å². The predicted octanol–water partition coefficient (Wildman–Crippen LogP) is 6.40. The number of hydrogen-bond donors (Lipinski definition) is 4. The number of hydrogen-bond acceptors (Lipinski definition) is 6. The van der Waals surface area contributed by atoms with Crippen LogP contribution in [0, 0.1) is 0 Å². The molecule has 0 radical (unpaired) electrons. The molecule has 12 heteroatoms. The number of aromatic nitrogens is 1. The highest BCUT2D eigenvalue weighted by molar-refractivity contribution is 6.11. The Hall–Kier alpha value is -4.61. The van der Waals surface area contributed by atoms with Gasteiger partial charge in [0.2, 0.25) is 5.71 Å². The maximum atomic E-state index is 13.2. The third-order valence-electron chi connectivity index (χ3n) is 6.09. The van der Waals surface area contributed by atoms with Crippen LogP contribution in [0.1, 0.15) is 41.5 Å². The van der Waals surface area contributed by atoms with Crippen molar-refractivity contribution in [3.8, 4) is 22.5 Å². The third-order valence-corrected chi connectivity index (χ3v) is 6.09. The van der Waals surface area contributed by atoms with Gasteiger partial charge >= 0.3 is 0 Å². The Labute approximate surface area is 239 Å². The lowest BCUT2D eigenvalue weighted by Gasteiger charge is -2.20. The number of pyridine rings is 1. The smallest absolute Gasteiger partial charge is 0.255 e. The van der Waals surface area contributed by atoms with Crippen molar-refractivity contribution in [2.45, 2.75) is 39.2 Å². The minimum atomic E-state index is -2.68. The Balaban J connectivity index is 1.86. The Morgan fingerprint density at radius 2 is 1.55 bits per heavy atom. The third kappa shape index (κ3) is 7.17. The van der Waals surface area contributed by atoms with E-state index >= 15 is 0 Å². The number of nitrogens with one attached hydrogen (secondary N) is 4. The molecule has 0 aliphatic carbocycles. The number of halogens is 4. The monoisotopic (exact) mass is 585 g/mol. The maximum absolute atomic E-state index is 13.2. The van der Waals surface area contributed by atoms with Crippen molar-refractivity contribution in [2.75, 3.05) is 30.8 Å². The maximum Gasteiger partial charge on any atom is 0.255 e. The van der Waals surface area contributed by atoms with Crippen molar-refractivity contribution < 1.29 is 31.6 Å². The standard InChI is InChI=1S/C30H31F4N5O3/c1-30(2,3)39-27(40)18-7-5-6-17(12-18)20-13-21-24(28(41)35-4)25(42-29(21)38-26(20)37-15-23(33)34)16-8-10-19(11-9-16)36-14-22(31)32/h5-13,22-23,36H,14-15H2,1-4H3,(H,35,41)(H,37,38)(H,39,40). The van der Waals surface area contributed by atoms with Crippen LogP contribution in [0.4, 0.5) is 29.1 Å². The van der Waals surface area contributed by atoms with Gasteiger partial charge in [-0.2, -0.15) is 4.98 Å². The predicted molar refractivity (Wildman–Crippen MR) is 154 cm³/mol. The van der Waals surface area contributed by atoms with Crippen LogP contribution in [0.5, 0.6) is 0 Å². The molecule has 0 atom stereocenters. The summed E-state index contributed by atoms with van der Waals surface area (Å²) in [6, 6.07) is 14.6. The molecule has 2 aromatic heterocycles. The van der Waals surface area contributed by atoms with Gasteiger partial charge in [-0.15, -0.1) is 0 Å². The fourth-order valence-electron chi connectivity index (χ4n) is 4.28. The first kappa shape index (κ1) is 30.4. The second kappa shape index (κ2) is 12.5. The van der Waals surface area contributed by atoms with Gasteiger partial charge < -0.3 is 25.7 Å². The summed E-state index contributed by atoms with van der Waals surface area (Å²) in [7, 11) is 1.45. The number of benzene rings is 2. The van der Waals surface area contributed by atoms with Crippen LogP contribution in [0.3, 0.4) is 0 Å². The normalized spacial score (nSPS) is 11.7. The number of amides is 2. The molecule has 0 aliphatic heterocycles. The number of rotatable bonds is 10. The Morgan fingerprint density at radius 3 is 2.17 bits per heavy atom. The molecule has 0 unspecified atom stereocenters. The first-order valence-electron chi connectivity index (χ1n) is 13.1. The minimum Gasteiger partial charge on any atom is -0.437 e. The molecule has 0 saturated carbocycles. The molecule has 8 nitrogen and oxygen atoms in total. The van der Waals surface area contributed by atoms with Gasteiger partial charge in [-0.25, -0.2) is 17.6 Å². The van der Waals surface area contributed by atoms with E-state index in [-0.39, 0.29) is 28.8 Å². The summed E-state index contributed by atoms with van der Waals surface area (Å²) in [5.74, 6) is -0.564. The van der Waals surface area contributed by atoms with Crippen LogP contribution in [-0.4, -0.2) is 55.3 Å². The van der Waals surface area contributed by atoms with E-state index < -0.39 is 37.4 Å². The molecule has 0 spiro atoms. The largest absolute Gasteiger partial charge is 0.437 e. The molecule has 0 saturated heterocycles. The summed E-state index contributed by atoms with van der Waals surface area (Å²) in [5, 5.41) is 11.0. The number of nitrogens with zero attached hydrogens (tertiary/aromatic N) is 1. The van der Waals surface area contributed by atoms with Gasteiger partial charge in [-0.1, -0.05) is 12.1 Å². The Kier molecular flexibility index (Phi) is 9.03. The first-order chi connectivity index (χ1) is 19.9. The van der Waals surface area contributed by atoms with Gasteiger partial charge in [-0.3, -0.25) is 9.59 Å². The second-order valence-electron chi connectivity index (χ2n) is 10.5. The number of anilines is 2. The molecule has 4 N–H and O–H groups in total. The lowest BCUT2D eigenvalue weighted by atomic mass is 9.99. The summed E-state index contributed by atoms with van der Waals surface area (Å²) in [5.41, 5.74) is 1.83. The summed E-state index contributed by atoms with van der Waals surface area (Å²) >= 11 is 0. The van der Waals surface area contributed by atoms with Crippen molar-refractivity contribution in [2.24, 2.45) is 0 Å². The van der Waals surface area contributed by atoms with Crippen molar-refractivity contribution in [1.29, 1.82) is 0 Å². The molecule has 4 rings (SSSR count). The van der Waals surface area contributed by atoms with Crippen LogP contribution in [0.25, 0.3) is 33.6 Å². The van der Waals surface area contributed by atoms with Crippen LogP contribution >= 0.6 is 0 Å².